The first-order chi connectivity index (χ1) is 5.59. The van der Waals surface area contributed by atoms with Gasteiger partial charge in [-0.3, -0.25) is 0 Å². The molecule has 2 unspecified atom stereocenters. The van der Waals surface area contributed by atoms with Crippen molar-refractivity contribution in [1.29, 1.82) is 0 Å². The fourth-order valence-electron chi connectivity index (χ4n) is 1.32. The molecule has 0 aromatic rings. The maximum Gasteiger partial charge on any atom is 0.0257 e. The Morgan fingerprint density at radius 1 is 1.58 bits per heavy atom. The second-order valence-electron chi connectivity index (χ2n) is 4.10. The molecule has 0 spiro atoms. The molecule has 0 bridgehead atoms. The fraction of sp³-hybridized carbons (Fsp3) is 0.800. The van der Waals surface area contributed by atoms with Crippen LogP contribution < -0.4 is 0 Å². The van der Waals surface area contributed by atoms with Crippen molar-refractivity contribution in [2.75, 3.05) is 34.2 Å². The maximum absolute atomic E-state index is 4.09. The molecule has 0 saturated carbocycles. The quantitative estimate of drug-likeness (QED) is 0.449. The molecule has 1 saturated heterocycles. The first-order valence-electron chi connectivity index (χ1n) is 4.61. The highest BCUT2D eigenvalue weighted by atomic mass is 15.3. The summed E-state index contributed by atoms with van der Waals surface area (Å²) >= 11 is 0. The molecule has 0 N–H and O–H groups in total. The van der Waals surface area contributed by atoms with Crippen LogP contribution in [0.4, 0.5) is 0 Å². The zero-order valence-electron chi connectivity index (χ0n) is 8.51. The first kappa shape index (κ1) is 9.75. The van der Waals surface area contributed by atoms with Gasteiger partial charge in [0.25, 0.3) is 0 Å². The Kier molecular flexibility index (Phi) is 3.29. The molecule has 2 heteroatoms. The van der Waals surface area contributed by atoms with Crippen LogP contribution in [0.2, 0.25) is 0 Å². The van der Waals surface area contributed by atoms with Gasteiger partial charge in [-0.1, -0.05) is 12.2 Å². The smallest absolute Gasteiger partial charge is 0.0257 e. The van der Waals surface area contributed by atoms with Crippen LogP contribution in [0.25, 0.3) is 0 Å². The monoisotopic (exact) mass is 168 g/mol. The summed E-state index contributed by atoms with van der Waals surface area (Å²) in [6, 6.07) is 0.805. The summed E-state index contributed by atoms with van der Waals surface area (Å²) < 4.78 is 0. The van der Waals surface area contributed by atoms with Crippen LogP contribution in [0.3, 0.4) is 0 Å². The Morgan fingerprint density at radius 2 is 2.17 bits per heavy atom. The van der Waals surface area contributed by atoms with E-state index in [9.17, 15) is 0 Å². The molecule has 70 valence electrons. The SMILES string of the molecule is C=C(CCN(C)C)CC1CN1C. The number of nitrogens with zero attached hydrogens (tertiary/aromatic N) is 2. The van der Waals surface area contributed by atoms with Crippen molar-refractivity contribution in [1.82, 2.24) is 9.80 Å². The van der Waals surface area contributed by atoms with E-state index in [4.69, 9.17) is 0 Å². The molecule has 0 amide bonds. The minimum absolute atomic E-state index is 0.805. The highest BCUT2D eigenvalue weighted by Gasteiger charge is 2.29. The zero-order chi connectivity index (χ0) is 9.14. The third-order valence-corrected chi connectivity index (χ3v) is 2.43. The molecular formula is C10H20N2. The molecule has 0 radical (unpaired) electrons. The van der Waals surface area contributed by atoms with Gasteiger partial charge in [-0.2, -0.15) is 0 Å². The van der Waals surface area contributed by atoms with Crippen molar-refractivity contribution >= 4 is 0 Å². The molecule has 2 atom stereocenters. The van der Waals surface area contributed by atoms with E-state index < -0.39 is 0 Å². The average molecular weight is 168 g/mol. The van der Waals surface area contributed by atoms with Crippen LogP contribution in [0.5, 0.6) is 0 Å². The van der Waals surface area contributed by atoms with E-state index in [2.05, 4.69) is 37.5 Å². The molecule has 1 aliphatic heterocycles. The molecule has 2 nitrogen and oxygen atoms in total. The summed E-state index contributed by atoms with van der Waals surface area (Å²) in [6.07, 6.45) is 2.35. The third-order valence-electron chi connectivity index (χ3n) is 2.43. The van der Waals surface area contributed by atoms with Gasteiger partial charge in [-0.05, 0) is 34.0 Å². The molecule has 0 aliphatic carbocycles. The number of hydrogen-bond donors (Lipinski definition) is 0. The Balaban J connectivity index is 2.04. The molecule has 1 rings (SSSR count). The standard InChI is InChI=1S/C10H20N2/c1-9(5-6-11(2)3)7-10-8-12(10)4/h10H,1,5-8H2,2-4H3. The molecule has 1 aliphatic rings. The van der Waals surface area contributed by atoms with Crippen molar-refractivity contribution in [3.05, 3.63) is 12.2 Å². The largest absolute Gasteiger partial charge is 0.309 e. The van der Waals surface area contributed by atoms with Crippen molar-refractivity contribution in [2.45, 2.75) is 18.9 Å². The van der Waals surface area contributed by atoms with Crippen molar-refractivity contribution in [3.8, 4) is 0 Å². The van der Waals surface area contributed by atoms with Crippen molar-refractivity contribution in [3.63, 3.8) is 0 Å². The molecule has 0 aromatic carbocycles. The summed E-state index contributed by atoms with van der Waals surface area (Å²) in [5.74, 6) is 0. The topological polar surface area (TPSA) is 6.25 Å². The zero-order valence-corrected chi connectivity index (χ0v) is 8.51. The van der Waals surface area contributed by atoms with E-state index >= 15 is 0 Å². The minimum atomic E-state index is 0.805. The van der Waals surface area contributed by atoms with E-state index in [1.54, 1.807) is 0 Å². The lowest BCUT2D eigenvalue weighted by Crippen LogP contribution is -2.13. The van der Waals surface area contributed by atoms with Gasteiger partial charge in [-0.25, -0.2) is 0 Å². The predicted octanol–water partition coefficient (Wildman–Crippen LogP) is 1.20. The molecule has 12 heavy (non-hydrogen) atoms. The van der Waals surface area contributed by atoms with Gasteiger partial charge < -0.3 is 9.80 Å². The number of hydrogen-bond acceptors (Lipinski definition) is 2. The van der Waals surface area contributed by atoms with Gasteiger partial charge in [0.05, 0.1) is 0 Å². The third kappa shape index (κ3) is 3.37. The van der Waals surface area contributed by atoms with Crippen LogP contribution in [-0.4, -0.2) is 50.1 Å². The Morgan fingerprint density at radius 3 is 2.58 bits per heavy atom. The normalized spacial score (nSPS) is 27.7. The fourth-order valence-corrected chi connectivity index (χ4v) is 1.32. The highest BCUT2D eigenvalue weighted by Crippen LogP contribution is 2.22. The first-order valence-corrected chi connectivity index (χ1v) is 4.61. The maximum atomic E-state index is 4.09. The Bertz CT molecular complexity index is 163. The van der Waals surface area contributed by atoms with E-state index in [0.29, 0.717) is 0 Å². The van der Waals surface area contributed by atoms with E-state index in [1.165, 1.54) is 18.5 Å². The van der Waals surface area contributed by atoms with Gasteiger partial charge in [0.1, 0.15) is 0 Å². The summed E-state index contributed by atoms with van der Waals surface area (Å²) in [7, 11) is 6.39. The van der Waals surface area contributed by atoms with Crippen LogP contribution >= 0.6 is 0 Å². The van der Waals surface area contributed by atoms with Crippen molar-refractivity contribution in [2.24, 2.45) is 0 Å². The molecule has 0 aromatic heterocycles. The second-order valence-corrected chi connectivity index (χ2v) is 4.10. The molecular weight excluding hydrogens is 148 g/mol. The van der Waals surface area contributed by atoms with Crippen LogP contribution in [0.1, 0.15) is 12.8 Å². The predicted molar refractivity (Wildman–Crippen MR) is 53.3 cm³/mol. The summed E-state index contributed by atoms with van der Waals surface area (Å²) in [6.45, 7) is 6.49. The molecule has 1 fully saturated rings. The van der Waals surface area contributed by atoms with Gasteiger partial charge in [-0.15, -0.1) is 0 Å². The summed E-state index contributed by atoms with van der Waals surface area (Å²) in [5.41, 5.74) is 1.40. The van der Waals surface area contributed by atoms with Crippen LogP contribution in [0, 0.1) is 0 Å². The van der Waals surface area contributed by atoms with Crippen LogP contribution in [0.15, 0.2) is 12.2 Å². The van der Waals surface area contributed by atoms with E-state index in [-0.39, 0.29) is 0 Å². The van der Waals surface area contributed by atoms with E-state index in [1.807, 2.05) is 0 Å². The molecule has 1 heterocycles. The van der Waals surface area contributed by atoms with E-state index in [0.717, 1.165) is 19.0 Å². The van der Waals surface area contributed by atoms with Gasteiger partial charge in [0.2, 0.25) is 0 Å². The summed E-state index contributed by atoms with van der Waals surface area (Å²) in [5, 5.41) is 0. The lowest BCUT2D eigenvalue weighted by molar-refractivity contribution is 0.410. The Hall–Kier alpha value is -0.340. The van der Waals surface area contributed by atoms with Gasteiger partial charge in [0.15, 0.2) is 0 Å². The van der Waals surface area contributed by atoms with Gasteiger partial charge >= 0.3 is 0 Å². The average Bonchev–Trinajstić information content (AvgIpc) is 2.62. The lowest BCUT2D eigenvalue weighted by atomic mass is 10.1. The minimum Gasteiger partial charge on any atom is -0.309 e. The number of rotatable bonds is 5. The summed E-state index contributed by atoms with van der Waals surface area (Å²) in [4.78, 5) is 4.57. The number of likely N-dealkylation sites (N-methyl/N-ethyl adjacent to an activating group) is 1. The highest BCUT2D eigenvalue weighted by molar-refractivity contribution is 5.03. The lowest BCUT2D eigenvalue weighted by Gasteiger charge is -2.10. The second kappa shape index (κ2) is 4.06. The Labute approximate surface area is 75.8 Å². The van der Waals surface area contributed by atoms with Crippen molar-refractivity contribution < 1.29 is 0 Å². The van der Waals surface area contributed by atoms with Crippen LogP contribution in [-0.2, 0) is 0 Å². The van der Waals surface area contributed by atoms with Gasteiger partial charge in [0, 0.05) is 19.1 Å².